The molecule has 7 nitrogen and oxygen atoms in total. The van der Waals surface area contributed by atoms with Crippen LogP contribution in [0.4, 0.5) is 11.4 Å². The van der Waals surface area contributed by atoms with Gasteiger partial charge in [-0.1, -0.05) is 35.5 Å². The monoisotopic (exact) mass is 376 g/mol. The van der Waals surface area contributed by atoms with Crippen LogP contribution in [0.2, 0.25) is 5.02 Å². The van der Waals surface area contributed by atoms with Crippen LogP contribution < -0.4 is 5.32 Å². The number of fused-ring (bicyclic) bond motifs is 1. The fourth-order valence-corrected chi connectivity index (χ4v) is 3.30. The molecule has 0 bridgehead atoms. The average Bonchev–Trinajstić information content (AvgIpc) is 2.89. The van der Waals surface area contributed by atoms with Crippen molar-refractivity contribution in [2.24, 2.45) is 7.05 Å². The van der Waals surface area contributed by atoms with E-state index in [-0.39, 0.29) is 23.0 Å². The predicted molar refractivity (Wildman–Crippen MR) is 98.2 cm³/mol. The van der Waals surface area contributed by atoms with Crippen molar-refractivity contribution in [2.75, 3.05) is 11.1 Å². The molecule has 0 saturated carbocycles. The molecule has 2 aromatic carbocycles. The Morgan fingerprint density at radius 3 is 2.84 bits per heavy atom. The largest absolute Gasteiger partial charge is 0.322 e. The molecule has 1 N–H and O–H groups in total. The third kappa shape index (κ3) is 3.75. The summed E-state index contributed by atoms with van der Waals surface area (Å²) in [6, 6.07) is 11.7. The number of anilines is 1. The number of halogens is 1. The number of imidazole rings is 1. The number of hydrogen-bond acceptors (Lipinski definition) is 5. The zero-order chi connectivity index (χ0) is 18.0. The van der Waals surface area contributed by atoms with Crippen LogP contribution in [0.1, 0.15) is 0 Å². The second-order valence-electron chi connectivity index (χ2n) is 5.20. The van der Waals surface area contributed by atoms with Crippen molar-refractivity contribution in [1.29, 1.82) is 0 Å². The third-order valence-electron chi connectivity index (χ3n) is 3.51. The van der Waals surface area contributed by atoms with E-state index in [1.165, 1.54) is 30.0 Å². The van der Waals surface area contributed by atoms with Crippen molar-refractivity contribution in [1.82, 2.24) is 9.55 Å². The van der Waals surface area contributed by atoms with E-state index in [0.29, 0.717) is 10.2 Å². The number of hydrogen-bond donors (Lipinski definition) is 1. The molecule has 0 spiro atoms. The highest BCUT2D eigenvalue weighted by molar-refractivity contribution is 7.99. The molecule has 0 aliphatic rings. The van der Waals surface area contributed by atoms with Crippen molar-refractivity contribution < 1.29 is 9.72 Å². The number of rotatable bonds is 5. The van der Waals surface area contributed by atoms with Crippen LogP contribution in [0.25, 0.3) is 11.0 Å². The van der Waals surface area contributed by atoms with Crippen molar-refractivity contribution in [3.63, 3.8) is 0 Å². The molecular formula is C16H13ClN4O3S. The number of aryl methyl sites for hydroxylation is 1. The highest BCUT2D eigenvalue weighted by Crippen LogP contribution is 2.28. The highest BCUT2D eigenvalue weighted by atomic mass is 35.5. The molecule has 0 radical (unpaired) electrons. The van der Waals surface area contributed by atoms with Gasteiger partial charge in [-0.05, 0) is 24.3 Å². The minimum atomic E-state index is -0.565. The molecular weight excluding hydrogens is 364 g/mol. The molecule has 0 atom stereocenters. The van der Waals surface area contributed by atoms with Gasteiger partial charge < -0.3 is 9.88 Å². The Hall–Kier alpha value is -2.58. The lowest BCUT2D eigenvalue weighted by atomic mass is 10.2. The van der Waals surface area contributed by atoms with Crippen LogP contribution in [0.15, 0.2) is 47.6 Å². The first-order valence-electron chi connectivity index (χ1n) is 7.24. The van der Waals surface area contributed by atoms with Crippen LogP contribution in [-0.4, -0.2) is 26.1 Å². The summed E-state index contributed by atoms with van der Waals surface area (Å²) in [6.07, 6.45) is 0. The lowest BCUT2D eigenvalue weighted by molar-refractivity contribution is -0.383. The number of aromatic nitrogens is 2. The van der Waals surface area contributed by atoms with Crippen LogP contribution in [0, 0.1) is 10.1 Å². The summed E-state index contributed by atoms with van der Waals surface area (Å²) in [7, 11) is 1.87. The smallest absolute Gasteiger partial charge is 0.292 e. The summed E-state index contributed by atoms with van der Waals surface area (Å²) in [6.45, 7) is 0. The topological polar surface area (TPSA) is 90.1 Å². The maximum absolute atomic E-state index is 12.2. The molecule has 0 unspecified atom stereocenters. The molecule has 3 rings (SSSR count). The fraction of sp³-hybridized carbons (Fsp3) is 0.125. The Morgan fingerprint density at radius 2 is 2.12 bits per heavy atom. The molecule has 1 amide bonds. The average molecular weight is 377 g/mol. The van der Waals surface area contributed by atoms with E-state index >= 15 is 0 Å². The first-order valence-corrected chi connectivity index (χ1v) is 8.60. The number of carbonyl (C=O) groups is 1. The van der Waals surface area contributed by atoms with Gasteiger partial charge in [0.05, 0.1) is 21.7 Å². The Labute approximate surface area is 152 Å². The van der Waals surface area contributed by atoms with Gasteiger partial charge in [0.15, 0.2) is 5.16 Å². The Bertz CT molecular complexity index is 973. The van der Waals surface area contributed by atoms with Gasteiger partial charge in [-0.15, -0.1) is 0 Å². The summed E-state index contributed by atoms with van der Waals surface area (Å²) in [5, 5.41) is 14.6. The first-order chi connectivity index (χ1) is 12.0. The van der Waals surface area contributed by atoms with Crippen molar-refractivity contribution in [3.05, 3.63) is 57.6 Å². The van der Waals surface area contributed by atoms with Gasteiger partial charge >= 0.3 is 0 Å². The second kappa shape index (κ2) is 7.12. The number of nitrogens with one attached hydrogen (secondary N) is 1. The quantitative estimate of drug-likeness (QED) is 0.414. The maximum Gasteiger partial charge on any atom is 0.292 e. The van der Waals surface area contributed by atoms with Crippen LogP contribution in [0.5, 0.6) is 0 Å². The summed E-state index contributed by atoms with van der Waals surface area (Å²) < 4.78 is 1.90. The Balaban J connectivity index is 1.72. The third-order valence-corrected chi connectivity index (χ3v) is 4.77. The predicted octanol–water partition coefficient (Wildman–Crippen LogP) is 3.87. The number of para-hydroxylation sites is 2. The Kier molecular flexibility index (Phi) is 4.91. The van der Waals surface area contributed by atoms with Crippen LogP contribution in [-0.2, 0) is 11.8 Å². The van der Waals surface area contributed by atoms with Gasteiger partial charge in [0.2, 0.25) is 5.91 Å². The SMILES string of the molecule is Cn1c(SCC(=O)Nc2cc(Cl)ccc2[N+](=O)[O-])nc2ccccc21. The Morgan fingerprint density at radius 1 is 1.36 bits per heavy atom. The molecule has 25 heavy (non-hydrogen) atoms. The van der Waals surface area contributed by atoms with E-state index in [4.69, 9.17) is 11.6 Å². The molecule has 9 heteroatoms. The number of amides is 1. The van der Waals surface area contributed by atoms with Gasteiger partial charge in [-0.2, -0.15) is 0 Å². The zero-order valence-electron chi connectivity index (χ0n) is 13.1. The second-order valence-corrected chi connectivity index (χ2v) is 6.58. The standard InChI is InChI=1S/C16H13ClN4O3S/c1-20-13-5-3-2-4-11(13)19-16(20)25-9-15(22)18-12-8-10(17)6-7-14(12)21(23)24/h2-8H,9H2,1H3,(H,18,22). The number of benzene rings is 2. The number of thioether (sulfide) groups is 1. The lowest BCUT2D eigenvalue weighted by Crippen LogP contribution is -2.15. The van der Waals surface area contributed by atoms with Crippen LogP contribution in [0.3, 0.4) is 0 Å². The molecule has 0 fully saturated rings. The minimum absolute atomic E-state index is 0.0703. The summed E-state index contributed by atoms with van der Waals surface area (Å²) in [5.74, 6) is -0.302. The van der Waals surface area contributed by atoms with E-state index in [9.17, 15) is 14.9 Å². The van der Waals surface area contributed by atoms with Crippen molar-refractivity contribution in [2.45, 2.75) is 5.16 Å². The number of nitro groups is 1. The molecule has 0 aliphatic heterocycles. The summed E-state index contributed by atoms with van der Waals surface area (Å²) >= 11 is 7.11. The minimum Gasteiger partial charge on any atom is -0.322 e. The fourth-order valence-electron chi connectivity index (χ4n) is 2.34. The lowest BCUT2D eigenvalue weighted by Gasteiger charge is -2.06. The molecule has 1 heterocycles. The van der Waals surface area contributed by atoms with Crippen molar-refractivity contribution in [3.8, 4) is 0 Å². The zero-order valence-corrected chi connectivity index (χ0v) is 14.7. The van der Waals surface area contributed by atoms with Gasteiger partial charge in [-0.3, -0.25) is 14.9 Å². The number of nitrogens with zero attached hydrogens (tertiary/aromatic N) is 3. The van der Waals surface area contributed by atoms with E-state index < -0.39 is 4.92 Å². The van der Waals surface area contributed by atoms with Crippen LogP contribution >= 0.6 is 23.4 Å². The van der Waals surface area contributed by atoms with Crippen molar-refractivity contribution >= 4 is 51.7 Å². The molecule has 128 valence electrons. The molecule has 1 aromatic heterocycles. The van der Waals surface area contributed by atoms with E-state index in [2.05, 4.69) is 10.3 Å². The van der Waals surface area contributed by atoms with E-state index in [0.717, 1.165) is 11.0 Å². The summed E-state index contributed by atoms with van der Waals surface area (Å²) in [5.41, 5.74) is 1.69. The van der Waals surface area contributed by atoms with Gasteiger partial charge in [0.25, 0.3) is 5.69 Å². The normalized spacial score (nSPS) is 10.8. The molecule has 3 aromatic rings. The number of carbonyl (C=O) groups excluding carboxylic acids is 1. The van der Waals surface area contributed by atoms with Gasteiger partial charge in [-0.25, -0.2) is 4.98 Å². The van der Waals surface area contributed by atoms with E-state index in [1.807, 2.05) is 35.9 Å². The maximum atomic E-state index is 12.2. The molecule has 0 aliphatic carbocycles. The van der Waals surface area contributed by atoms with E-state index in [1.54, 1.807) is 0 Å². The highest BCUT2D eigenvalue weighted by Gasteiger charge is 2.17. The summed E-state index contributed by atoms with van der Waals surface area (Å²) in [4.78, 5) is 27.1. The number of nitro benzene ring substituents is 1. The molecule has 0 saturated heterocycles. The van der Waals surface area contributed by atoms with Gasteiger partial charge in [0, 0.05) is 18.1 Å². The first kappa shape index (κ1) is 17.2. The van der Waals surface area contributed by atoms with Gasteiger partial charge in [0.1, 0.15) is 5.69 Å².